The Balaban J connectivity index is 4.12. The number of aliphatic hydroxyl groups is 1. The molecule has 7 nitrogen and oxygen atoms in total. The van der Waals surface area contributed by atoms with Crippen molar-refractivity contribution in [3.63, 3.8) is 0 Å². The SMILES string of the molecule is NC(C(=O)NO)C(O)C(=O)O. The van der Waals surface area contributed by atoms with Gasteiger partial charge < -0.3 is 15.9 Å². The Bertz CT molecular complexity index is 170. The van der Waals surface area contributed by atoms with E-state index in [9.17, 15) is 9.59 Å². The average Bonchev–Trinajstić information content (AvgIpc) is 2.00. The first-order valence-electron chi connectivity index (χ1n) is 2.61. The molecule has 0 aliphatic heterocycles. The lowest BCUT2D eigenvalue weighted by molar-refractivity contribution is -0.151. The van der Waals surface area contributed by atoms with Crippen LogP contribution in [0.3, 0.4) is 0 Å². The van der Waals surface area contributed by atoms with Gasteiger partial charge in [0.15, 0.2) is 6.10 Å². The van der Waals surface area contributed by atoms with Gasteiger partial charge in [-0.3, -0.25) is 10.0 Å². The molecule has 0 spiro atoms. The minimum absolute atomic E-state index is 1.11. The zero-order valence-corrected chi connectivity index (χ0v) is 5.39. The number of nitrogens with two attached hydrogens (primary N) is 1. The van der Waals surface area contributed by atoms with Crippen LogP contribution < -0.4 is 11.2 Å². The number of carbonyl (C=O) groups is 2. The minimum Gasteiger partial charge on any atom is -0.479 e. The summed E-state index contributed by atoms with van der Waals surface area (Å²) in [4.78, 5) is 20.3. The van der Waals surface area contributed by atoms with Crippen molar-refractivity contribution in [3.05, 3.63) is 0 Å². The van der Waals surface area contributed by atoms with Crippen LogP contribution >= 0.6 is 0 Å². The van der Waals surface area contributed by atoms with Crippen molar-refractivity contribution in [2.75, 3.05) is 0 Å². The highest BCUT2D eigenvalue weighted by atomic mass is 16.5. The van der Waals surface area contributed by atoms with Crippen molar-refractivity contribution in [2.24, 2.45) is 5.73 Å². The molecule has 0 saturated heterocycles. The minimum atomic E-state index is -2.01. The summed E-state index contributed by atoms with van der Waals surface area (Å²) in [5.74, 6) is -2.78. The standard InChI is InChI=1S/C4H8N2O5/c5-1(3(8)6-11)2(7)4(9)10/h1-2,7,11H,5H2,(H,6,8)(H,9,10). The summed E-state index contributed by atoms with van der Waals surface area (Å²) < 4.78 is 0. The fourth-order valence-corrected chi connectivity index (χ4v) is 0.372. The van der Waals surface area contributed by atoms with Crippen molar-refractivity contribution in [2.45, 2.75) is 12.1 Å². The van der Waals surface area contributed by atoms with Crippen LogP contribution in [0.5, 0.6) is 0 Å². The molecule has 2 unspecified atom stereocenters. The largest absolute Gasteiger partial charge is 0.479 e. The average molecular weight is 164 g/mol. The number of carboxylic acids is 1. The van der Waals surface area contributed by atoms with E-state index < -0.39 is 24.0 Å². The molecule has 0 rings (SSSR count). The molecule has 7 heteroatoms. The van der Waals surface area contributed by atoms with Gasteiger partial charge in [0.05, 0.1) is 0 Å². The molecule has 0 aromatic rings. The fraction of sp³-hybridized carbons (Fsp3) is 0.500. The van der Waals surface area contributed by atoms with Crippen LogP contribution in [-0.2, 0) is 9.59 Å². The van der Waals surface area contributed by atoms with Crippen LogP contribution in [0.15, 0.2) is 0 Å². The number of nitrogens with one attached hydrogen (secondary N) is 1. The molecule has 11 heavy (non-hydrogen) atoms. The first-order valence-corrected chi connectivity index (χ1v) is 2.61. The van der Waals surface area contributed by atoms with Crippen molar-refractivity contribution in [1.29, 1.82) is 0 Å². The first kappa shape index (κ1) is 9.82. The summed E-state index contributed by atoms with van der Waals surface area (Å²) in [6.07, 6.45) is -2.01. The quantitative estimate of drug-likeness (QED) is 0.227. The van der Waals surface area contributed by atoms with E-state index in [1.54, 1.807) is 0 Å². The van der Waals surface area contributed by atoms with E-state index >= 15 is 0 Å². The maximum absolute atomic E-state index is 10.3. The number of amides is 1. The van der Waals surface area contributed by atoms with Gasteiger partial charge in [0, 0.05) is 0 Å². The maximum Gasteiger partial charge on any atom is 0.334 e. The second-order valence-corrected chi connectivity index (χ2v) is 1.78. The summed E-state index contributed by atoms with van der Waals surface area (Å²) in [5, 5.41) is 24.7. The number of hydrogen-bond donors (Lipinski definition) is 5. The molecule has 2 atom stereocenters. The third-order valence-electron chi connectivity index (χ3n) is 1.01. The zero-order valence-electron chi connectivity index (χ0n) is 5.39. The van der Waals surface area contributed by atoms with Gasteiger partial charge in [-0.2, -0.15) is 0 Å². The summed E-state index contributed by atoms with van der Waals surface area (Å²) >= 11 is 0. The lowest BCUT2D eigenvalue weighted by Gasteiger charge is -2.11. The van der Waals surface area contributed by atoms with Crippen LogP contribution in [-0.4, -0.2) is 39.4 Å². The van der Waals surface area contributed by atoms with Crippen LogP contribution in [0.1, 0.15) is 0 Å². The Labute approximate surface area is 61.4 Å². The summed E-state index contributed by atoms with van der Waals surface area (Å²) in [6.45, 7) is 0. The Morgan fingerprint density at radius 3 is 2.18 bits per heavy atom. The fourth-order valence-electron chi connectivity index (χ4n) is 0.372. The van der Waals surface area contributed by atoms with Gasteiger partial charge in [0.1, 0.15) is 6.04 Å². The van der Waals surface area contributed by atoms with Crippen LogP contribution in [0.2, 0.25) is 0 Å². The van der Waals surface area contributed by atoms with E-state index in [1.807, 2.05) is 0 Å². The van der Waals surface area contributed by atoms with Crippen molar-refractivity contribution in [1.82, 2.24) is 5.48 Å². The molecule has 0 radical (unpaired) electrons. The smallest absolute Gasteiger partial charge is 0.334 e. The molecule has 64 valence electrons. The third kappa shape index (κ3) is 2.50. The molecular formula is C4H8N2O5. The highest BCUT2D eigenvalue weighted by molar-refractivity contribution is 5.87. The molecule has 0 heterocycles. The maximum atomic E-state index is 10.3. The molecule has 6 N–H and O–H groups in total. The van der Waals surface area contributed by atoms with Gasteiger partial charge in [0.25, 0.3) is 5.91 Å². The van der Waals surface area contributed by atoms with E-state index in [2.05, 4.69) is 0 Å². The van der Waals surface area contributed by atoms with E-state index in [4.69, 9.17) is 21.2 Å². The second kappa shape index (κ2) is 3.86. The number of carboxylic acid groups (broad SMARTS) is 1. The Kier molecular flexibility index (Phi) is 3.45. The zero-order chi connectivity index (χ0) is 9.02. The van der Waals surface area contributed by atoms with Gasteiger partial charge in [-0.25, -0.2) is 10.3 Å². The van der Waals surface area contributed by atoms with Crippen LogP contribution in [0, 0.1) is 0 Å². The lowest BCUT2D eigenvalue weighted by Crippen LogP contribution is -2.50. The van der Waals surface area contributed by atoms with E-state index in [-0.39, 0.29) is 0 Å². The van der Waals surface area contributed by atoms with E-state index in [0.29, 0.717) is 0 Å². The number of aliphatic hydroxyl groups excluding tert-OH is 1. The molecule has 0 aromatic heterocycles. The molecule has 0 aliphatic rings. The monoisotopic (exact) mass is 164 g/mol. The number of rotatable bonds is 3. The van der Waals surface area contributed by atoms with Crippen molar-refractivity contribution < 1.29 is 25.0 Å². The Morgan fingerprint density at radius 1 is 1.45 bits per heavy atom. The summed E-state index contributed by atoms with van der Waals surface area (Å²) in [6, 6.07) is -1.67. The number of aliphatic carboxylic acids is 1. The molecule has 0 fully saturated rings. The highest BCUT2D eigenvalue weighted by Crippen LogP contribution is 1.89. The number of hydroxylamine groups is 1. The molecule has 0 aliphatic carbocycles. The molecule has 1 amide bonds. The number of carbonyl (C=O) groups excluding carboxylic acids is 1. The van der Waals surface area contributed by atoms with Gasteiger partial charge in [0.2, 0.25) is 0 Å². The van der Waals surface area contributed by atoms with Crippen LogP contribution in [0.4, 0.5) is 0 Å². The molecule has 0 bridgehead atoms. The molecule has 0 aromatic carbocycles. The van der Waals surface area contributed by atoms with Crippen LogP contribution in [0.25, 0.3) is 0 Å². The predicted molar refractivity (Wildman–Crippen MR) is 31.5 cm³/mol. The summed E-state index contributed by atoms with van der Waals surface area (Å²) in [7, 11) is 0. The van der Waals surface area contributed by atoms with E-state index in [0.717, 1.165) is 5.48 Å². The lowest BCUT2D eigenvalue weighted by atomic mass is 10.2. The van der Waals surface area contributed by atoms with Gasteiger partial charge in [-0.1, -0.05) is 0 Å². The Hall–Kier alpha value is -1.18. The first-order chi connectivity index (χ1) is 5.00. The van der Waals surface area contributed by atoms with Crippen molar-refractivity contribution in [3.8, 4) is 0 Å². The highest BCUT2D eigenvalue weighted by Gasteiger charge is 2.27. The van der Waals surface area contributed by atoms with Gasteiger partial charge in [-0.05, 0) is 0 Å². The normalized spacial score (nSPS) is 15.2. The second-order valence-electron chi connectivity index (χ2n) is 1.78. The van der Waals surface area contributed by atoms with Gasteiger partial charge >= 0.3 is 5.97 Å². The topological polar surface area (TPSA) is 133 Å². The molecular weight excluding hydrogens is 156 g/mol. The Morgan fingerprint density at radius 2 is 1.91 bits per heavy atom. The molecule has 0 saturated carbocycles. The summed E-state index contributed by atoms with van der Waals surface area (Å²) in [5.41, 5.74) is 5.98. The van der Waals surface area contributed by atoms with Gasteiger partial charge in [-0.15, -0.1) is 0 Å². The number of hydrogen-bond acceptors (Lipinski definition) is 5. The van der Waals surface area contributed by atoms with E-state index in [1.165, 1.54) is 0 Å². The third-order valence-corrected chi connectivity index (χ3v) is 1.01. The predicted octanol–water partition coefficient (Wildman–Crippen LogP) is -2.74. The van der Waals surface area contributed by atoms with Crippen molar-refractivity contribution >= 4 is 11.9 Å².